The Labute approximate surface area is 66.2 Å². The van der Waals surface area contributed by atoms with Crippen molar-refractivity contribution in [3.05, 3.63) is 28.5 Å². The summed E-state index contributed by atoms with van der Waals surface area (Å²) >= 11 is 1.84. The number of hydrogen-bond acceptors (Lipinski definition) is 1. The van der Waals surface area contributed by atoms with Crippen LogP contribution in [0.3, 0.4) is 0 Å². The molecule has 1 aromatic rings. The summed E-state index contributed by atoms with van der Waals surface area (Å²) in [5.41, 5.74) is 0. The van der Waals surface area contributed by atoms with E-state index in [2.05, 4.69) is 25.6 Å². The molecule has 0 aliphatic carbocycles. The highest BCUT2D eigenvalue weighted by atomic mass is 32.1. The molecule has 0 amide bonds. The molecule has 0 fully saturated rings. The van der Waals surface area contributed by atoms with Crippen LogP contribution in [0.1, 0.15) is 23.1 Å². The van der Waals surface area contributed by atoms with Crippen molar-refractivity contribution in [2.45, 2.75) is 19.8 Å². The largest absolute Gasteiger partial charge is 0.141 e. The molecule has 0 N–H and O–H groups in total. The minimum atomic E-state index is 1.21. The second kappa shape index (κ2) is 3.57. The highest BCUT2D eigenvalue weighted by Gasteiger charge is 1.93. The van der Waals surface area contributed by atoms with Gasteiger partial charge >= 0.3 is 0 Å². The Morgan fingerprint density at radius 1 is 1.60 bits per heavy atom. The molecule has 1 aromatic heterocycles. The Hall–Kier alpha value is -0.560. The van der Waals surface area contributed by atoms with E-state index in [9.17, 15) is 0 Å². The lowest BCUT2D eigenvalue weighted by atomic mass is 10.3. The van der Waals surface area contributed by atoms with Gasteiger partial charge in [-0.05, 0) is 18.6 Å². The van der Waals surface area contributed by atoms with E-state index in [0.29, 0.717) is 0 Å². The topological polar surface area (TPSA) is 0 Å². The van der Waals surface area contributed by atoms with Crippen LogP contribution >= 0.6 is 11.3 Å². The second-order valence-electron chi connectivity index (χ2n) is 2.26. The Balaban J connectivity index is 2.68. The molecule has 1 heteroatoms. The van der Waals surface area contributed by atoms with Gasteiger partial charge in [0.1, 0.15) is 0 Å². The molecule has 0 unspecified atom stereocenters. The summed E-state index contributed by atoms with van der Waals surface area (Å²) < 4.78 is 0. The van der Waals surface area contributed by atoms with Crippen molar-refractivity contribution in [3.63, 3.8) is 0 Å². The third-order valence-corrected chi connectivity index (χ3v) is 2.52. The molecular weight excluding hydrogens is 140 g/mol. The summed E-state index contributed by atoms with van der Waals surface area (Å²) in [6.45, 7) is 5.92. The first-order chi connectivity index (χ1) is 4.86. The molecule has 1 rings (SSSR count). The quantitative estimate of drug-likeness (QED) is 0.623. The lowest BCUT2D eigenvalue weighted by Gasteiger charge is -1.87. The fraction of sp³-hybridized carbons (Fsp3) is 0.333. The number of hydrogen-bond donors (Lipinski definition) is 0. The van der Waals surface area contributed by atoms with Crippen LogP contribution in [0, 0.1) is 0 Å². The fourth-order valence-corrected chi connectivity index (χ4v) is 1.85. The maximum atomic E-state index is 3.71. The Morgan fingerprint density at radius 3 is 2.90 bits per heavy atom. The van der Waals surface area contributed by atoms with E-state index in [0.717, 1.165) is 0 Å². The predicted molar refractivity (Wildman–Crippen MR) is 48.4 cm³/mol. The van der Waals surface area contributed by atoms with E-state index in [-0.39, 0.29) is 0 Å². The smallest absolute Gasteiger partial charge is 0.0267 e. The molecule has 0 spiro atoms. The average molecular weight is 152 g/mol. The first-order valence-electron chi connectivity index (χ1n) is 3.58. The highest BCUT2D eigenvalue weighted by molar-refractivity contribution is 7.12. The van der Waals surface area contributed by atoms with Crippen LogP contribution in [0.25, 0.3) is 6.08 Å². The predicted octanol–water partition coefficient (Wildman–Crippen LogP) is 3.34. The van der Waals surface area contributed by atoms with Gasteiger partial charge in [-0.25, -0.2) is 0 Å². The van der Waals surface area contributed by atoms with Crippen molar-refractivity contribution in [2.75, 3.05) is 0 Å². The maximum absolute atomic E-state index is 3.71. The van der Waals surface area contributed by atoms with Crippen molar-refractivity contribution in [3.8, 4) is 0 Å². The number of rotatable bonds is 3. The standard InChI is InChI=1S/C9H12S/c1-3-5-9-7-6-8(4-2)10-9/h4,6-7H,2-3,5H2,1H3. The van der Waals surface area contributed by atoms with Gasteiger partial charge in [0.25, 0.3) is 0 Å². The summed E-state index contributed by atoms with van der Waals surface area (Å²) in [6.07, 6.45) is 4.35. The lowest BCUT2D eigenvalue weighted by molar-refractivity contribution is 0.940. The summed E-state index contributed by atoms with van der Waals surface area (Å²) in [6, 6.07) is 4.31. The Bertz CT molecular complexity index is 210. The van der Waals surface area contributed by atoms with Crippen LogP contribution in [0.2, 0.25) is 0 Å². The normalized spacial score (nSPS) is 9.70. The van der Waals surface area contributed by atoms with Gasteiger partial charge in [0.05, 0.1) is 0 Å². The summed E-state index contributed by atoms with van der Waals surface area (Å²) in [4.78, 5) is 2.75. The molecule has 0 atom stereocenters. The van der Waals surface area contributed by atoms with Crippen LogP contribution in [0.15, 0.2) is 18.7 Å². The molecule has 0 saturated heterocycles. The third kappa shape index (κ3) is 1.71. The van der Waals surface area contributed by atoms with Crippen molar-refractivity contribution in [1.82, 2.24) is 0 Å². The van der Waals surface area contributed by atoms with Gasteiger partial charge in [0.15, 0.2) is 0 Å². The van der Waals surface area contributed by atoms with E-state index in [4.69, 9.17) is 0 Å². The van der Waals surface area contributed by atoms with Gasteiger partial charge in [-0.15, -0.1) is 11.3 Å². The minimum absolute atomic E-state index is 1.21. The van der Waals surface area contributed by atoms with E-state index in [1.165, 1.54) is 22.6 Å². The van der Waals surface area contributed by atoms with Crippen molar-refractivity contribution in [1.29, 1.82) is 0 Å². The molecule has 0 nitrogen and oxygen atoms in total. The maximum Gasteiger partial charge on any atom is 0.0267 e. The zero-order valence-corrected chi connectivity index (χ0v) is 7.08. The molecule has 10 heavy (non-hydrogen) atoms. The van der Waals surface area contributed by atoms with E-state index in [1.807, 2.05) is 17.4 Å². The van der Waals surface area contributed by atoms with E-state index < -0.39 is 0 Å². The van der Waals surface area contributed by atoms with Gasteiger partial charge in [0, 0.05) is 9.75 Å². The number of aryl methyl sites for hydroxylation is 1. The second-order valence-corrected chi connectivity index (χ2v) is 3.46. The van der Waals surface area contributed by atoms with Crippen molar-refractivity contribution in [2.24, 2.45) is 0 Å². The molecule has 0 aliphatic heterocycles. The molecule has 1 heterocycles. The molecule has 0 aliphatic rings. The van der Waals surface area contributed by atoms with Crippen LogP contribution in [-0.4, -0.2) is 0 Å². The summed E-state index contributed by atoms with van der Waals surface area (Å²) in [5, 5.41) is 0. The Kier molecular flexibility index (Phi) is 2.69. The van der Waals surface area contributed by atoms with Crippen LogP contribution in [0.4, 0.5) is 0 Å². The SMILES string of the molecule is C=Cc1ccc(CCC)s1. The molecule has 0 radical (unpaired) electrons. The van der Waals surface area contributed by atoms with Crippen LogP contribution in [0.5, 0.6) is 0 Å². The van der Waals surface area contributed by atoms with Crippen molar-refractivity contribution >= 4 is 17.4 Å². The van der Waals surface area contributed by atoms with Crippen molar-refractivity contribution < 1.29 is 0 Å². The zero-order valence-electron chi connectivity index (χ0n) is 6.26. The monoisotopic (exact) mass is 152 g/mol. The Morgan fingerprint density at radius 2 is 2.40 bits per heavy atom. The van der Waals surface area contributed by atoms with Gasteiger partial charge in [0.2, 0.25) is 0 Å². The third-order valence-electron chi connectivity index (χ3n) is 1.38. The highest BCUT2D eigenvalue weighted by Crippen LogP contribution is 2.18. The van der Waals surface area contributed by atoms with E-state index in [1.54, 1.807) is 0 Å². The van der Waals surface area contributed by atoms with Crippen LogP contribution < -0.4 is 0 Å². The van der Waals surface area contributed by atoms with Gasteiger partial charge in [-0.1, -0.05) is 26.0 Å². The van der Waals surface area contributed by atoms with Gasteiger partial charge in [-0.3, -0.25) is 0 Å². The average Bonchev–Trinajstić information content (AvgIpc) is 2.37. The van der Waals surface area contributed by atoms with Crippen LogP contribution in [-0.2, 0) is 6.42 Å². The molecule has 0 bridgehead atoms. The summed E-state index contributed by atoms with van der Waals surface area (Å²) in [5.74, 6) is 0. The first kappa shape index (κ1) is 7.55. The zero-order chi connectivity index (χ0) is 7.40. The first-order valence-corrected chi connectivity index (χ1v) is 4.39. The molecule has 0 saturated carbocycles. The minimum Gasteiger partial charge on any atom is -0.141 e. The number of thiophene rings is 1. The molecule has 54 valence electrons. The van der Waals surface area contributed by atoms with E-state index >= 15 is 0 Å². The summed E-state index contributed by atoms with van der Waals surface area (Å²) in [7, 11) is 0. The van der Waals surface area contributed by atoms with Gasteiger partial charge in [-0.2, -0.15) is 0 Å². The molecule has 0 aromatic carbocycles. The fourth-order valence-electron chi connectivity index (χ4n) is 0.885. The lowest BCUT2D eigenvalue weighted by Crippen LogP contribution is -1.71. The van der Waals surface area contributed by atoms with Gasteiger partial charge < -0.3 is 0 Å². The molecular formula is C9H12S.